The molecule has 3 aliphatic carbocycles. The van der Waals surface area contributed by atoms with Crippen molar-refractivity contribution in [3.8, 4) is 0 Å². The second-order valence-corrected chi connectivity index (χ2v) is 6.08. The molecule has 0 aliphatic heterocycles. The average molecular weight is 190 g/mol. The van der Waals surface area contributed by atoms with Crippen LogP contribution in [0.2, 0.25) is 0 Å². The Kier molecular flexibility index (Phi) is 1.55. The van der Waals surface area contributed by atoms with Crippen LogP contribution in [0.5, 0.6) is 0 Å². The lowest BCUT2D eigenvalue weighted by atomic mass is 9.88. The van der Waals surface area contributed by atoms with Gasteiger partial charge in [0, 0.05) is 6.42 Å². The monoisotopic (exact) mass is 190 g/mol. The molecule has 14 heavy (non-hydrogen) atoms. The predicted octanol–water partition coefficient (Wildman–Crippen LogP) is 3.10. The highest BCUT2D eigenvalue weighted by Gasteiger charge is 2.48. The molecule has 0 heterocycles. The van der Waals surface area contributed by atoms with Crippen molar-refractivity contribution in [3.05, 3.63) is 11.1 Å². The summed E-state index contributed by atoms with van der Waals surface area (Å²) in [6, 6.07) is 0. The van der Waals surface area contributed by atoms with Crippen LogP contribution in [-0.2, 0) is 4.79 Å². The van der Waals surface area contributed by atoms with E-state index < -0.39 is 0 Å². The molecule has 1 nitrogen and oxygen atoms in total. The molecule has 0 aromatic carbocycles. The molecule has 1 heteroatoms. The fourth-order valence-corrected chi connectivity index (χ4v) is 3.98. The van der Waals surface area contributed by atoms with Crippen LogP contribution in [-0.4, -0.2) is 5.78 Å². The quantitative estimate of drug-likeness (QED) is 0.573. The van der Waals surface area contributed by atoms with Gasteiger partial charge in [-0.25, -0.2) is 0 Å². The first-order valence-electron chi connectivity index (χ1n) is 5.82. The van der Waals surface area contributed by atoms with E-state index in [9.17, 15) is 4.79 Å². The van der Waals surface area contributed by atoms with Crippen molar-refractivity contribution in [1.29, 1.82) is 0 Å². The lowest BCUT2D eigenvalue weighted by molar-refractivity contribution is -0.115. The van der Waals surface area contributed by atoms with Gasteiger partial charge in [0.25, 0.3) is 0 Å². The molecule has 0 N–H and O–H groups in total. The number of hydrogen-bond acceptors (Lipinski definition) is 1. The normalized spacial score (nSPS) is 39.1. The summed E-state index contributed by atoms with van der Waals surface area (Å²) in [5.41, 5.74) is 3.29. The second-order valence-electron chi connectivity index (χ2n) is 6.08. The second kappa shape index (κ2) is 2.50. The van der Waals surface area contributed by atoms with Gasteiger partial charge < -0.3 is 0 Å². The Balaban J connectivity index is 1.94. The van der Waals surface area contributed by atoms with Crippen LogP contribution in [0.25, 0.3) is 0 Å². The Labute approximate surface area is 85.6 Å². The highest BCUT2D eigenvalue weighted by atomic mass is 16.1. The molecule has 0 unspecified atom stereocenters. The van der Waals surface area contributed by atoms with Gasteiger partial charge in [0.15, 0.2) is 5.78 Å². The standard InChI is InChI=1S/C13H18O/c1-13(2)6-9-5-8-3-4-11(14)12(8)10(9)7-13/h9-10H,3-7H2,1-2H3/t9-,10+/m0/s1. The number of Topliss-reactive ketones (excluding diaryl/α,β-unsaturated/α-hetero) is 1. The van der Waals surface area contributed by atoms with Crippen LogP contribution >= 0.6 is 0 Å². The maximum absolute atomic E-state index is 11.8. The molecule has 0 radical (unpaired) electrons. The molecule has 0 saturated heterocycles. The molecule has 3 aliphatic rings. The van der Waals surface area contributed by atoms with Gasteiger partial charge in [-0.15, -0.1) is 0 Å². The number of carbonyl (C=O) groups excluding carboxylic acids is 1. The first-order chi connectivity index (χ1) is 6.57. The van der Waals surface area contributed by atoms with E-state index >= 15 is 0 Å². The van der Waals surface area contributed by atoms with Gasteiger partial charge in [0.1, 0.15) is 0 Å². The average Bonchev–Trinajstić information content (AvgIpc) is 2.61. The zero-order valence-corrected chi connectivity index (χ0v) is 9.10. The molecule has 1 fully saturated rings. The molecule has 0 spiro atoms. The van der Waals surface area contributed by atoms with E-state index in [2.05, 4.69) is 13.8 Å². The van der Waals surface area contributed by atoms with E-state index in [4.69, 9.17) is 0 Å². The van der Waals surface area contributed by atoms with Crippen LogP contribution in [0, 0.1) is 17.3 Å². The third kappa shape index (κ3) is 1.04. The van der Waals surface area contributed by atoms with Crippen molar-refractivity contribution in [3.63, 3.8) is 0 Å². The highest BCUT2D eigenvalue weighted by molar-refractivity contribution is 6.00. The van der Waals surface area contributed by atoms with E-state index in [1.807, 2.05) is 0 Å². The van der Waals surface area contributed by atoms with Crippen LogP contribution in [0.4, 0.5) is 0 Å². The largest absolute Gasteiger partial charge is 0.295 e. The van der Waals surface area contributed by atoms with Gasteiger partial charge in [-0.2, -0.15) is 0 Å². The van der Waals surface area contributed by atoms with E-state index in [1.54, 1.807) is 0 Å². The Morgan fingerprint density at radius 2 is 2.00 bits per heavy atom. The molecule has 0 amide bonds. The van der Waals surface area contributed by atoms with Gasteiger partial charge in [0.2, 0.25) is 0 Å². The van der Waals surface area contributed by atoms with E-state index in [0.29, 0.717) is 17.1 Å². The first kappa shape index (κ1) is 8.70. The number of rotatable bonds is 0. The van der Waals surface area contributed by atoms with Crippen molar-refractivity contribution < 1.29 is 4.79 Å². The summed E-state index contributed by atoms with van der Waals surface area (Å²) in [5, 5.41) is 0. The summed E-state index contributed by atoms with van der Waals surface area (Å²) in [6.07, 6.45) is 5.73. The lowest BCUT2D eigenvalue weighted by Crippen LogP contribution is -2.10. The number of hydrogen-bond donors (Lipinski definition) is 0. The first-order valence-corrected chi connectivity index (χ1v) is 5.82. The van der Waals surface area contributed by atoms with E-state index in [1.165, 1.54) is 30.4 Å². The third-order valence-corrected chi connectivity index (χ3v) is 4.37. The van der Waals surface area contributed by atoms with Gasteiger partial charge >= 0.3 is 0 Å². The molecular formula is C13H18O. The molecule has 0 aromatic heterocycles. The molecule has 1 saturated carbocycles. The molecule has 2 atom stereocenters. The van der Waals surface area contributed by atoms with Crippen molar-refractivity contribution in [2.45, 2.75) is 46.0 Å². The molecule has 0 aromatic rings. The van der Waals surface area contributed by atoms with Crippen molar-refractivity contribution >= 4 is 5.78 Å². The van der Waals surface area contributed by atoms with Crippen molar-refractivity contribution in [2.24, 2.45) is 17.3 Å². The Morgan fingerprint density at radius 1 is 1.21 bits per heavy atom. The summed E-state index contributed by atoms with van der Waals surface area (Å²) in [6.45, 7) is 4.70. The fraction of sp³-hybridized carbons (Fsp3) is 0.769. The molecular weight excluding hydrogens is 172 g/mol. The minimum Gasteiger partial charge on any atom is -0.295 e. The minimum absolute atomic E-state index is 0.477. The lowest BCUT2D eigenvalue weighted by Gasteiger charge is -2.17. The zero-order chi connectivity index (χ0) is 9.92. The maximum atomic E-state index is 11.8. The Morgan fingerprint density at radius 3 is 2.79 bits per heavy atom. The number of fused-ring (bicyclic) bond motifs is 2. The van der Waals surface area contributed by atoms with Crippen molar-refractivity contribution in [1.82, 2.24) is 0 Å². The molecule has 3 rings (SSSR count). The zero-order valence-electron chi connectivity index (χ0n) is 9.10. The van der Waals surface area contributed by atoms with Gasteiger partial charge in [-0.05, 0) is 48.5 Å². The smallest absolute Gasteiger partial charge is 0.159 e. The van der Waals surface area contributed by atoms with Crippen LogP contribution in [0.15, 0.2) is 11.1 Å². The van der Waals surface area contributed by atoms with Gasteiger partial charge in [0.05, 0.1) is 0 Å². The number of allylic oxidation sites excluding steroid dienone is 2. The Hall–Kier alpha value is -0.590. The minimum atomic E-state index is 0.477. The Bertz CT molecular complexity index is 335. The maximum Gasteiger partial charge on any atom is 0.159 e. The molecule has 0 bridgehead atoms. The summed E-state index contributed by atoms with van der Waals surface area (Å²) in [5.74, 6) is 1.94. The van der Waals surface area contributed by atoms with Crippen molar-refractivity contribution in [2.75, 3.05) is 0 Å². The highest BCUT2D eigenvalue weighted by Crippen LogP contribution is 2.57. The number of carbonyl (C=O) groups is 1. The van der Waals surface area contributed by atoms with Crippen LogP contribution < -0.4 is 0 Å². The third-order valence-electron chi connectivity index (χ3n) is 4.37. The van der Waals surface area contributed by atoms with Gasteiger partial charge in [-0.3, -0.25) is 4.79 Å². The van der Waals surface area contributed by atoms with Gasteiger partial charge in [-0.1, -0.05) is 19.4 Å². The molecule has 76 valence electrons. The number of ketones is 1. The SMILES string of the molecule is CC1(C)C[C@@H]2CC3=C(C(=O)CC3)[C@@H]2C1. The van der Waals surface area contributed by atoms with E-state index in [0.717, 1.165) is 18.8 Å². The van der Waals surface area contributed by atoms with Crippen LogP contribution in [0.3, 0.4) is 0 Å². The summed E-state index contributed by atoms with van der Waals surface area (Å²) < 4.78 is 0. The summed E-state index contributed by atoms with van der Waals surface area (Å²) in [7, 11) is 0. The fourth-order valence-electron chi connectivity index (χ4n) is 3.98. The predicted molar refractivity (Wildman–Crippen MR) is 55.9 cm³/mol. The summed E-state index contributed by atoms with van der Waals surface area (Å²) in [4.78, 5) is 11.8. The van der Waals surface area contributed by atoms with E-state index in [-0.39, 0.29) is 0 Å². The summed E-state index contributed by atoms with van der Waals surface area (Å²) >= 11 is 0. The van der Waals surface area contributed by atoms with Crippen LogP contribution in [0.1, 0.15) is 46.0 Å². The topological polar surface area (TPSA) is 17.1 Å².